The normalized spacial score (nSPS) is 11.4. The molecule has 1 rings (SSSR count). The summed E-state index contributed by atoms with van der Waals surface area (Å²) in [7, 11) is 0. The summed E-state index contributed by atoms with van der Waals surface area (Å²) in [5.74, 6) is -0.139. The van der Waals surface area contributed by atoms with Gasteiger partial charge in [-0.25, -0.2) is 4.98 Å². The molecule has 8 heteroatoms. The Bertz CT molecular complexity index is 365. The largest absolute Gasteiger partial charge is 0.441 e. The van der Waals surface area contributed by atoms with E-state index in [0.717, 1.165) is 0 Å². The van der Waals surface area contributed by atoms with E-state index < -0.39 is 11.1 Å². The second kappa shape index (κ2) is 5.06. The molecule has 0 aliphatic rings. The van der Waals surface area contributed by atoms with Gasteiger partial charge in [-0.2, -0.15) is 13.2 Å². The van der Waals surface area contributed by atoms with E-state index in [4.69, 9.17) is 0 Å². The summed E-state index contributed by atoms with van der Waals surface area (Å²) in [6, 6.07) is 0. The molecule has 2 N–H and O–H groups in total. The van der Waals surface area contributed by atoms with Crippen LogP contribution < -0.4 is 10.9 Å². The van der Waals surface area contributed by atoms with Gasteiger partial charge in [0.25, 0.3) is 5.56 Å². The zero-order valence-electron chi connectivity index (χ0n) is 7.47. The van der Waals surface area contributed by atoms with Crippen LogP contribution in [-0.4, -0.2) is 27.8 Å². The van der Waals surface area contributed by atoms with Gasteiger partial charge in [-0.05, 0) is 11.8 Å². The second-order valence-electron chi connectivity index (χ2n) is 2.49. The fraction of sp³-hybridized carbons (Fsp3) is 0.429. The molecule has 1 aromatic heterocycles. The Morgan fingerprint density at radius 2 is 2.27 bits per heavy atom. The number of H-pyrrole nitrogens is 1. The van der Waals surface area contributed by atoms with Gasteiger partial charge in [0, 0.05) is 24.7 Å². The molecule has 0 unspecified atom stereocenters. The van der Waals surface area contributed by atoms with E-state index in [9.17, 15) is 18.0 Å². The number of aromatic nitrogens is 2. The third-order valence-electron chi connectivity index (χ3n) is 1.37. The smallest absolute Gasteiger partial charge is 0.365 e. The van der Waals surface area contributed by atoms with Crippen molar-refractivity contribution in [2.24, 2.45) is 0 Å². The van der Waals surface area contributed by atoms with E-state index in [1.165, 1.54) is 12.4 Å². The number of nitrogens with one attached hydrogen (secondary N) is 2. The molecule has 0 bridgehead atoms. The monoisotopic (exact) mass is 239 g/mol. The van der Waals surface area contributed by atoms with Crippen molar-refractivity contribution < 1.29 is 13.2 Å². The van der Waals surface area contributed by atoms with Crippen molar-refractivity contribution in [1.29, 1.82) is 0 Å². The fourth-order valence-corrected chi connectivity index (χ4v) is 1.25. The van der Waals surface area contributed by atoms with Gasteiger partial charge in [0.2, 0.25) is 0 Å². The Morgan fingerprint density at radius 1 is 1.53 bits per heavy atom. The predicted molar refractivity (Wildman–Crippen MR) is 51.9 cm³/mol. The van der Waals surface area contributed by atoms with Crippen LogP contribution in [0.2, 0.25) is 0 Å². The highest BCUT2D eigenvalue weighted by Gasteiger charge is 2.27. The van der Waals surface area contributed by atoms with E-state index in [1.807, 2.05) is 0 Å². The lowest BCUT2D eigenvalue weighted by atomic mass is 10.6. The van der Waals surface area contributed by atoms with Gasteiger partial charge in [-0.3, -0.25) is 4.79 Å². The first kappa shape index (κ1) is 11.9. The number of hydrogen-bond donors (Lipinski definition) is 2. The maximum atomic E-state index is 11.7. The third kappa shape index (κ3) is 4.73. The highest BCUT2D eigenvalue weighted by atomic mass is 32.2. The molecule has 0 saturated heterocycles. The minimum atomic E-state index is -4.24. The number of anilines is 1. The van der Waals surface area contributed by atoms with E-state index in [-0.39, 0.29) is 29.9 Å². The number of nitrogens with zero attached hydrogens (tertiary/aromatic N) is 1. The molecule has 1 aromatic rings. The van der Waals surface area contributed by atoms with Crippen LogP contribution >= 0.6 is 11.8 Å². The molecule has 84 valence electrons. The lowest BCUT2D eigenvalue weighted by Gasteiger charge is -2.06. The number of halogens is 3. The SMILES string of the molecule is O=c1[nH]ccnc1NCCSC(F)(F)F. The van der Waals surface area contributed by atoms with E-state index in [0.29, 0.717) is 0 Å². The van der Waals surface area contributed by atoms with Gasteiger partial charge in [0.05, 0.1) is 0 Å². The molecule has 0 aromatic carbocycles. The molecule has 0 fully saturated rings. The van der Waals surface area contributed by atoms with E-state index in [1.54, 1.807) is 0 Å². The molecule has 0 radical (unpaired) electrons. The maximum absolute atomic E-state index is 11.7. The van der Waals surface area contributed by atoms with Crippen LogP contribution in [0, 0.1) is 0 Å². The topological polar surface area (TPSA) is 57.8 Å². The Labute approximate surface area is 87.3 Å². The molecule has 0 atom stereocenters. The Morgan fingerprint density at radius 3 is 2.87 bits per heavy atom. The summed E-state index contributed by atoms with van der Waals surface area (Å²) in [6.07, 6.45) is 2.69. The number of alkyl halides is 3. The van der Waals surface area contributed by atoms with Crippen molar-refractivity contribution in [2.45, 2.75) is 5.51 Å². The molecular formula is C7H8F3N3OS. The first-order valence-corrected chi connectivity index (χ1v) is 4.96. The summed E-state index contributed by atoms with van der Waals surface area (Å²) in [4.78, 5) is 17.0. The zero-order valence-corrected chi connectivity index (χ0v) is 8.28. The van der Waals surface area contributed by atoms with Crippen LogP contribution in [0.3, 0.4) is 0 Å². The lowest BCUT2D eigenvalue weighted by molar-refractivity contribution is -0.0327. The average Bonchev–Trinajstić information content (AvgIpc) is 2.13. The average molecular weight is 239 g/mol. The molecule has 1 heterocycles. The maximum Gasteiger partial charge on any atom is 0.441 e. The van der Waals surface area contributed by atoms with Crippen LogP contribution in [0.4, 0.5) is 19.0 Å². The molecule has 0 aliphatic heterocycles. The summed E-state index contributed by atoms with van der Waals surface area (Å²) in [5, 5.41) is 2.51. The Balaban J connectivity index is 2.33. The van der Waals surface area contributed by atoms with Gasteiger partial charge in [-0.15, -0.1) is 0 Å². The summed E-state index contributed by atoms with van der Waals surface area (Å²) in [5.41, 5.74) is -4.69. The van der Waals surface area contributed by atoms with Crippen LogP contribution in [0.15, 0.2) is 17.2 Å². The minimum Gasteiger partial charge on any atom is -0.365 e. The van der Waals surface area contributed by atoms with Crippen molar-refractivity contribution in [1.82, 2.24) is 9.97 Å². The van der Waals surface area contributed by atoms with Crippen molar-refractivity contribution in [3.05, 3.63) is 22.7 Å². The first-order chi connectivity index (χ1) is 6.99. The van der Waals surface area contributed by atoms with Crippen LogP contribution in [0.5, 0.6) is 0 Å². The van der Waals surface area contributed by atoms with Gasteiger partial charge in [-0.1, -0.05) is 0 Å². The first-order valence-electron chi connectivity index (χ1n) is 3.97. The number of hydrogen-bond acceptors (Lipinski definition) is 4. The Hall–Kier alpha value is -1.18. The number of rotatable bonds is 4. The predicted octanol–water partition coefficient (Wildman–Crippen LogP) is 1.43. The zero-order chi connectivity index (χ0) is 11.3. The molecule has 0 aliphatic carbocycles. The molecule has 0 saturated carbocycles. The number of aromatic amines is 1. The van der Waals surface area contributed by atoms with Crippen molar-refractivity contribution in [3.63, 3.8) is 0 Å². The Kier molecular flexibility index (Phi) is 4.01. The van der Waals surface area contributed by atoms with Gasteiger partial charge >= 0.3 is 5.51 Å². The van der Waals surface area contributed by atoms with Crippen LogP contribution in [-0.2, 0) is 0 Å². The van der Waals surface area contributed by atoms with Gasteiger partial charge in [0.15, 0.2) is 5.82 Å². The highest BCUT2D eigenvalue weighted by Crippen LogP contribution is 2.29. The quantitative estimate of drug-likeness (QED) is 0.780. The van der Waals surface area contributed by atoms with Crippen molar-refractivity contribution in [3.8, 4) is 0 Å². The van der Waals surface area contributed by atoms with Crippen LogP contribution in [0.25, 0.3) is 0 Å². The van der Waals surface area contributed by atoms with Gasteiger partial charge in [0.1, 0.15) is 0 Å². The van der Waals surface area contributed by atoms with Crippen molar-refractivity contribution in [2.75, 3.05) is 17.6 Å². The van der Waals surface area contributed by atoms with E-state index in [2.05, 4.69) is 15.3 Å². The lowest BCUT2D eigenvalue weighted by Crippen LogP contribution is -2.18. The summed E-state index contributed by atoms with van der Waals surface area (Å²) in [6.45, 7) is 0.0320. The van der Waals surface area contributed by atoms with Crippen LogP contribution in [0.1, 0.15) is 0 Å². The van der Waals surface area contributed by atoms with Crippen molar-refractivity contribution >= 4 is 17.6 Å². The summed E-state index contributed by atoms with van der Waals surface area (Å²) >= 11 is -0.144. The third-order valence-corrected chi connectivity index (χ3v) is 2.10. The standard InChI is InChI=1S/C7H8F3N3OS/c8-7(9,10)15-4-3-12-5-6(14)13-2-1-11-5/h1-2H,3-4H2,(H,11,12)(H,13,14). The molecule has 15 heavy (non-hydrogen) atoms. The number of thioether (sulfide) groups is 1. The molecule has 0 amide bonds. The van der Waals surface area contributed by atoms with E-state index >= 15 is 0 Å². The fourth-order valence-electron chi connectivity index (χ4n) is 0.814. The molecule has 4 nitrogen and oxygen atoms in total. The minimum absolute atomic E-state index is 0.0280. The second-order valence-corrected chi connectivity index (χ2v) is 3.65. The van der Waals surface area contributed by atoms with Gasteiger partial charge < -0.3 is 10.3 Å². The molecule has 0 spiro atoms. The highest BCUT2D eigenvalue weighted by molar-refractivity contribution is 8.00. The summed E-state index contributed by atoms with van der Waals surface area (Å²) < 4.78 is 35.1. The molecular weight excluding hydrogens is 231 g/mol.